The molecule has 2 atom stereocenters. The average Bonchev–Trinajstić information content (AvgIpc) is 2.94. The van der Waals surface area contributed by atoms with Crippen LogP contribution in [0.3, 0.4) is 0 Å². The van der Waals surface area contributed by atoms with Gasteiger partial charge in [0, 0.05) is 38.0 Å². The van der Waals surface area contributed by atoms with Crippen molar-refractivity contribution in [3.05, 3.63) is 102 Å². The molecule has 0 heterocycles. The molecule has 0 radical (unpaired) electrons. The van der Waals surface area contributed by atoms with Crippen molar-refractivity contribution in [3.63, 3.8) is 0 Å². The molecule has 2 amide bonds. The van der Waals surface area contributed by atoms with Crippen LogP contribution >= 0.6 is 0 Å². The van der Waals surface area contributed by atoms with Crippen LogP contribution in [0.4, 0.5) is 14.5 Å². The van der Waals surface area contributed by atoms with Crippen molar-refractivity contribution < 1.29 is 26.8 Å². The van der Waals surface area contributed by atoms with Crippen LogP contribution in [-0.2, 0) is 32.6 Å². The number of benzene rings is 3. The standard InChI is InChI=1S/C31H37F2N3O4S/c1-4-23(2)34-31(38)29(20-24-12-7-5-8-13-24)35(22-25-14-9-6-10-15-25)30(37)16-11-19-36(41(3,39)40)26-17-18-27(32)28(33)21-26/h5-10,12-15,17-18,21,23,29H,4,11,16,19-20,22H2,1-3H3,(H,34,38)/t23-,29-/m1/s1. The van der Waals surface area contributed by atoms with Crippen LogP contribution in [0.5, 0.6) is 0 Å². The molecule has 0 spiro atoms. The van der Waals surface area contributed by atoms with E-state index in [2.05, 4.69) is 5.32 Å². The number of hydrogen-bond acceptors (Lipinski definition) is 4. The van der Waals surface area contributed by atoms with Crippen molar-refractivity contribution in [1.82, 2.24) is 10.2 Å². The summed E-state index contributed by atoms with van der Waals surface area (Å²) in [4.78, 5) is 28.9. The molecule has 0 aliphatic rings. The molecule has 10 heteroatoms. The van der Waals surface area contributed by atoms with Gasteiger partial charge in [-0.2, -0.15) is 0 Å². The monoisotopic (exact) mass is 585 g/mol. The predicted octanol–water partition coefficient (Wildman–Crippen LogP) is 5.07. The lowest BCUT2D eigenvalue weighted by Crippen LogP contribution is -2.52. The zero-order valence-electron chi connectivity index (χ0n) is 23.6. The molecule has 41 heavy (non-hydrogen) atoms. The first kappa shape index (κ1) is 31.7. The summed E-state index contributed by atoms with van der Waals surface area (Å²) in [5.74, 6) is -2.86. The molecular formula is C31H37F2N3O4S. The molecule has 0 aromatic heterocycles. The summed E-state index contributed by atoms with van der Waals surface area (Å²) < 4.78 is 53.2. The summed E-state index contributed by atoms with van der Waals surface area (Å²) in [6.07, 6.45) is 2.02. The van der Waals surface area contributed by atoms with Gasteiger partial charge in [0.05, 0.1) is 11.9 Å². The molecule has 0 saturated heterocycles. The number of carbonyl (C=O) groups excluding carboxylic acids is 2. The Morgan fingerprint density at radius 3 is 2.07 bits per heavy atom. The van der Waals surface area contributed by atoms with Gasteiger partial charge in [-0.05, 0) is 43.0 Å². The molecule has 0 aliphatic heterocycles. The van der Waals surface area contributed by atoms with Crippen molar-refractivity contribution >= 4 is 27.5 Å². The molecule has 1 N–H and O–H groups in total. The van der Waals surface area contributed by atoms with E-state index in [0.29, 0.717) is 6.42 Å². The number of anilines is 1. The van der Waals surface area contributed by atoms with Gasteiger partial charge in [-0.3, -0.25) is 13.9 Å². The van der Waals surface area contributed by atoms with Gasteiger partial charge in [0.1, 0.15) is 6.04 Å². The quantitative estimate of drug-likeness (QED) is 0.286. The van der Waals surface area contributed by atoms with Crippen molar-refractivity contribution in [1.29, 1.82) is 0 Å². The smallest absolute Gasteiger partial charge is 0.243 e. The van der Waals surface area contributed by atoms with E-state index in [9.17, 15) is 26.8 Å². The topological polar surface area (TPSA) is 86.8 Å². The Morgan fingerprint density at radius 2 is 1.51 bits per heavy atom. The molecule has 3 aromatic rings. The first-order valence-electron chi connectivity index (χ1n) is 13.6. The Hall–Kier alpha value is -3.79. The highest BCUT2D eigenvalue weighted by Gasteiger charge is 2.31. The SMILES string of the molecule is CC[C@@H](C)NC(=O)[C@@H](Cc1ccccc1)N(Cc1ccccc1)C(=O)CCCN(c1ccc(F)c(F)c1)S(C)(=O)=O. The van der Waals surface area contributed by atoms with Gasteiger partial charge < -0.3 is 10.2 Å². The Kier molecular flexibility index (Phi) is 11.4. The molecule has 3 aromatic carbocycles. The molecule has 0 unspecified atom stereocenters. The number of hydrogen-bond donors (Lipinski definition) is 1. The molecule has 7 nitrogen and oxygen atoms in total. The maximum Gasteiger partial charge on any atom is 0.243 e. The molecular weight excluding hydrogens is 548 g/mol. The first-order valence-corrected chi connectivity index (χ1v) is 15.4. The number of halogens is 2. The second-order valence-electron chi connectivity index (χ2n) is 10.1. The van der Waals surface area contributed by atoms with E-state index in [1.807, 2.05) is 74.5 Å². The highest BCUT2D eigenvalue weighted by atomic mass is 32.2. The Bertz CT molecular complexity index is 1410. The highest BCUT2D eigenvalue weighted by molar-refractivity contribution is 7.92. The average molecular weight is 586 g/mol. The molecule has 0 saturated carbocycles. The number of carbonyl (C=O) groups is 2. The summed E-state index contributed by atoms with van der Waals surface area (Å²) in [7, 11) is -3.85. The van der Waals surface area contributed by atoms with E-state index < -0.39 is 27.7 Å². The van der Waals surface area contributed by atoms with E-state index in [-0.39, 0.29) is 49.5 Å². The summed E-state index contributed by atoms with van der Waals surface area (Å²) in [6, 6.07) is 20.7. The number of rotatable bonds is 14. The zero-order chi connectivity index (χ0) is 30.0. The van der Waals surface area contributed by atoms with Gasteiger partial charge in [-0.25, -0.2) is 17.2 Å². The molecule has 220 valence electrons. The lowest BCUT2D eigenvalue weighted by atomic mass is 10.0. The third-order valence-electron chi connectivity index (χ3n) is 6.81. The van der Waals surface area contributed by atoms with E-state index in [0.717, 1.165) is 40.2 Å². The van der Waals surface area contributed by atoms with Gasteiger partial charge in [0.2, 0.25) is 21.8 Å². The highest BCUT2D eigenvalue weighted by Crippen LogP contribution is 2.22. The van der Waals surface area contributed by atoms with Crippen molar-refractivity contribution in [3.8, 4) is 0 Å². The summed E-state index contributed by atoms with van der Waals surface area (Å²) in [5, 5.41) is 3.01. The van der Waals surface area contributed by atoms with E-state index in [1.54, 1.807) is 4.90 Å². The van der Waals surface area contributed by atoms with E-state index in [1.165, 1.54) is 6.07 Å². The molecule has 0 fully saturated rings. The number of nitrogens with one attached hydrogen (secondary N) is 1. The van der Waals surface area contributed by atoms with Gasteiger partial charge >= 0.3 is 0 Å². The van der Waals surface area contributed by atoms with Crippen molar-refractivity contribution in [2.75, 3.05) is 17.1 Å². The lowest BCUT2D eigenvalue weighted by molar-refractivity contribution is -0.141. The van der Waals surface area contributed by atoms with Crippen LogP contribution < -0.4 is 9.62 Å². The predicted molar refractivity (Wildman–Crippen MR) is 157 cm³/mol. The summed E-state index contributed by atoms with van der Waals surface area (Å²) in [5.41, 5.74) is 1.70. The van der Waals surface area contributed by atoms with Crippen LogP contribution in [0.15, 0.2) is 78.9 Å². The Morgan fingerprint density at radius 1 is 0.902 bits per heavy atom. The minimum atomic E-state index is -3.85. The van der Waals surface area contributed by atoms with Crippen LogP contribution in [0.1, 0.15) is 44.2 Å². The molecule has 0 bridgehead atoms. The van der Waals surface area contributed by atoms with Gasteiger partial charge in [-0.15, -0.1) is 0 Å². The largest absolute Gasteiger partial charge is 0.352 e. The van der Waals surface area contributed by atoms with Crippen LogP contribution in [0.25, 0.3) is 0 Å². The fourth-order valence-electron chi connectivity index (χ4n) is 4.42. The normalized spacial score (nSPS) is 12.8. The van der Waals surface area contributed by atoms with Crippen molar-refractivity contribution in [2.45, 2.75) is 58.2 Å². The van der Waals surface area contributed by atoms with Crippen LogP contribution in [-0.4, -0.2) is 50.0 Å². The molecule has 3 rings (SSSR count). The number of amides is 2. The second kappa shape index (κ2) is 14.7. The van der Waals surface area contributed by atoms with Crippen molar-refractivity contribution in [2.24, 2.45) is 0 Å². The maximum atomic E-state index is 13.9. The minimum Gasteiger partial charge on any atom is -0.352 e. The fraction of sp³-hybridized carbons (Fsp3) is 0.355. The van der Waals surface area contributed by atoms with Crippen LogP contribution in [0.2, 0.25) is 0 Å². The Labute approximate surface area is 241 Å². The van der Waals surface area contributed by atoms with Gasteiger partial charge in [0.25, 0.3) is 0 Å². The van der Waals surface area contributed by atoms with Gasteiger partial charge in [-0.1, -0.05) is 67.6 Å². The fourth-order valence-corrected chi connectivity index (χ4v) is 5.38. The van der Waals surface area contributed by atoms with E-state index in [4.69, 9.17) is 0 Å². The number of sulfonamides is 1. The Balaban J connectivity index is 1.87. The third kappa shape index (κ3) is 9.38. The third-order valence-corrected chi connectivity index (χ3v) is 8.01. The molecule has 0 aliphatic carbocycles. The minimum absolute atomic E-state index is 0.0325. The van der Waals surface area contributed by atoms with E-state index >= 15 is 0 Å². The lowest BCUT2D eigenvalue weighted by Gasteiger charge is -2.32. The summed E-state index contributed by atoms with van der Waals surface area (Å²) in [6.45, 7) is 3.92. The van der Waals surface area contributed by atoms with Crippen LogP contribution in [0, 0.1) is 11.6 Å². The second-order valence-corrected chi connectivity index (χ2v) is 12.0. The number of nitrogens with zero attached hydrogens (tertiary/aromatic N) is 2. The first-order chi connectivity index (χ1) is 19.5. The maximum absolute atomic E-state index is 13.9. The van der Waals surface area contributed by atoms with Gasteiger partial charge in [0.15, 0.2) is 11.6 Å². The summed E-state index contributed by atoms with van der Waals surface area (Å²) >= 11 is 0. The zero-order valence-corrected chi connectivity index (χ0v) is 24.4.